The van der Waals surface area contributed by atoms with Crippen LogP contribution in [0.4, 0.5) is 35.1 Å². The van der Waals surface area contributed by atoms with Crippen LogP contribution < -0.4 is 0 Å². The van der Waals surface area contributed by atoms with Gasteiger partial charge in [0, 0.05) is 93.0 Å². The first-order valence-corrected chi connectivity index (χ1v) is 36.2. The second-order valence-corrected chi connectivity index (χ2v) is 30.0. The van der Waals surface area contributed by atoms with Crippen molar-refractivity contribution < 1.29 is 35.1 Å². The predicted octanol–water partition coefficient (Wildman–Crippen LogP) is 26.8. The van der Waals surface area contributed by atoms with E-state index >= 15 is 0 Å². The molecule has 0 spiro atoms. The lowest BCUT2D eigenvalue weighted by atomic mass is 9.95. The third-order valence-electron chi connectivity index (χ3n) is 17.4. The lowest BCUT2D eigenvalue weighted by Crippen LogP contribution is -1.98. The number of alkyl halides is 9. The largest absolute Gasteiger partial charge is 0.244 e. The van der Waals surface area contributed by atoms with Crippen LogP contribution in [-0.2, 0) is 0 Å². The van der Waals surface area contributed by atoms with Crippen LogP contribution in [0, 0.1) is 46.5 Å². The second-order valence-electron chi connectivity index (χ2n) is 24.1. The van der Waals surface area contributed by atoms with Gasteiger partial charge in [0.1, 0.15) is 0 Å². The standard InChI is InChI=1S/C80H40F8N8.3CHCl3/c81-57-33-65-66(34-58(57)82)90-74-51-21-5-43(6-22-51)44-9-25-53(26-10-44)77-78(94-70-38-62(86)61(85)37-69(70)93-77)55-29-13-47(14-30-55)48-15-31-56(32-16-48)80-79(95-71-39-63(87)64(88)40-72(71)96-80)54-27-11-46(12-28-54)45-7-23-52(24-8-45)76-75(91-67-35-59(83)60(84)36-68(67)92-76)50-19-3-42(4-20-50)41-1-17-49(18-2-41)73(74)89-65;3*2-1(3)4/h1-40H;3*1H. The van der Waals surface area contributed by atoms with Gasteiger partial charge in [-0.25, -0.2) is 75.0 Å². The zero-order valence-electron chi connectivity index (χ0n) is 54.8. The highest BCUT2D eigenvalue weighted by atomic mass is 35.6. The monoisotopic (exact) mass is 1620 g/mol. The summed E-state index contributed by atoms with van der Waals surface area (Å²) < 4.78 is 116. The number of benzene rings is 12. The molecule has 8 nitrogen and oxygen atoms in total. The molecule has 25 heteroatoms. The molecule has 16 bridgehead atoms. The van der Waals surface area contributed by atoms with E-state index in [1.807, 2.05) is 194 Å². The van der Waals surface area contributed by atoms with E-state index in [0.717, 1.165) is 93.0 Å². The molecular weight excluding hydrogens is 1580 g/mol. The van der Waals surface area contributed by atoms with Crippen molar-refractivity contribution in [2.24, 2.45) is 0 Å². The van der Waals surface area contributed by atoms with E-state index in [-0.39, 0.29) is 44.1 Å². The van der Waals surface area contributed by atoms with Crippen LogP contribution in [0.3, 0.4) is 0 Å². The molecule has 0 saturated heterocycles. The SMILES string of the molecule is ClC(Cl)Cl.ClC(Cl)Cl.ClC(Cl)Cl.Fc1cc2nc3c(nc2cc1F)-c1ccc(cc1)-c1ccc(cc1)-c1nc2cc(F)c(F)cc2nc1-c1ccc(cc1)-c1ccc(cc1)-c1nc2cc(F)c(F)cc2nc1-c1ccc(cc1)-c1ccc(cc1)-c1nc2cc(F)c(F)cc2nc1-c1ccc(cc1)-c1ccc-3cc1. The Bertz CT molecular complexity index is 4970. The molecule has 13 aliphatic carbocycles. The average Bonchev–Trinajstić information content (AvgIpc) is 0.783. The van der Waals surface area contributed by atoms with Gasteiger partial charge in [-0.2, -0.15) is 0 Å². The molecule has 29 rings (SSSR count). The van der Waals surface area contributed by atoms with Gasteiger partial charge in [0.2, 0.25) is 0 Å². The molecule has 13 aliphatic rings. The van der Waals surface area contributed by atoms with Crippen molar-refractivity contribution in [2.75, 3.05) is 0 Å². The summed E-state index contributed by atoms with van der Waals surface area (Å²) in [4.78, 5) is 39.0. The maximum atomic E-state index is 14.8. The highest BCUT2D eigenvalue weighted by Crippen LogP contribution is 2.41. The van der Waals surface area contributed by atoms with Gasteiger partial charge >= 0.3 is 0 Å². The number of aromatic nitrogens is 8. The van der Waals surface area contributed by atoms with Gasteiger partial charge in [-0.05, 0) is 44.5 Å². The maximum absolute atomic E-state index is 14.8. The fourth-order valence-electron chi connectivity index (χ4n) is 12.4. The molecule has 12 aromatic carbocycles. The van der Waals surface area contributed by atoms with Crippen LogP contribution in [0.2, 0.25) is 0 Å². The number of rotatable bonds is 0. The minimum atomic E-state index is -1.06. The van der Waals surface area contributed by atoms with Gasteiger partial charge in [-0.1, -0.05) is 299 Å². The Labute approximate surface area is 655 Å². The summed E-state index contributed by atoms with van der Waals surface area (Å²) in [5.74, 6) is -8.49. The van der Waals surface area contributed by atoms with Gasteiger partial charge in [0.05, 0.1) is 89.7 Å². The zero-order valence-corrected chi connectivity index (χ0v) is 61.6. The molecule has 4 heterocycles. The van der Waals surface area contributed by atoms with E-state index in [2.05, 4.69) is 0 Å². The van der Waals surface area contributed by atoms with E-state index in [1.165, 1.54) is 0 Å². The van der Waals surface area contributed by atoms with Gasteiger partial charge in [-0.15, -0.1) is 0 Å². The molecule has 0 saturated carbocycles. The fraction of sp³-hybridized carbons (Fsp3) is 0.0361. The smallest absolute Gasteiger partial charge is 0.180 e. The van der Waals surface area contributed by atoms with Gasteiger partial charge < -0.3 is 0 Å². The number of halogens is 17. The quantitative estimate of drug-likeness (QED) is 0.109. The summed E-state index contributed by atoms with van der Waals surface area (Å²) >= 11 is 43.3. The van der Waals surface area contributed by atoms with E-state index in [4.69, 9.17) is 144 Å². The van der Waals surface area contributed by atoms with E-state index in [0.29, 0.717) is 90.1 Å². The Kier molecular flexibility index (Phi) is 22.2. The van der Waals surface area contributed by atoms with Crippen molar-refractivity contribution in [3.8, 4) is 135 Å². The van der Waals surface area contributed by atoms with Crippen LogP contribution in [0.25, 0.3) is 179 Å². The Balaban J connectivity index is 0.000000760. The number of hydrogen-bond acceptors (Lipinski definition) is 8. The minimum Gasteiger partial charge on any atom is -0.244 e. The van der Waals surface area contributed by atoms with Crippen LogP contribution in [0.5, 0.6) is 0 Å². The molecule has 534 valence electrons. The van der Waals surface area contributed by atoms with Crippen LogP contribution in [-0.4, -0.2) is 52.8 Å². The van der Waals surface area contributed by atoms with Gasteiger partial charge in [0.15, 0.2) is 59.4 Å². The molecular formula is C83H43Cl9F8N8. The van der Waals surface area contributed by atoms with Crippen molar-refractivity contribution in [3.63, 3.8) is 0 Å². The van der Waals surface area contributed by atoms with E-state index < -0.39 is 59.4 Å². The zero-order chi connectivity index (χ0) is 75.8. The Morgan fingerprint density at radius 3 is 0.306 bits per heavy atom. The summed E-state index contributed by atoms with van der Waals surface area (Å²) in [7, 11) is 0. The summed E-state index contributed by atoms with van der Waals surface area (Å²) in [6.07, 6.45) is 0. The molecule has 0 radical (unpaired) electrons. The molecule has 0 unspecified atom stereocenters. The summed E-state index contributed by atoms with van der Waals surface area (Å²) in [5, 5.41) is 0. The lowest BCUT2D eigenvalue weighted by molar-refractivity contribution is 0.510. The number of fused-ring (bicyclic) bond motifs is 4. The lowest BCUT2D eigenvalue weighted by Gasteiger charge is -2.14. The fourth-order valence-corrected chi connectivity index (χ4v) is 12.4. The van der Waals surface area contributed by atoms with Crippen molar-refractivity contribution in [1.29, 1.82) is 0 Å². The van der Waals surface area contributed by atoms with Crippen LogP contribution in [0.15, 0.2) is 243 Å². The minimum absolute atomic E-state index is 0.160. The normalized spacial score (nSPS) is 11.4. The first-order chi connectivity index (χ1) is 51.9. The summed E-state index contributed by atoms with van der Waals surface area (Å²) in [6.45, 7) is 0. The highest BCUT2D eigenvalue weighted by molar-refractivity contribution is 6.63. The molecule has 4 aromatic heterocycles. The Morgan fingerprint density at radius 2 is 0.222 bits per heavy atom. The maximum Gasteiger partial charge on any atom is 0.180 e. The molecule has 16 aromatic rings. The molecule has 0 aliphatic heterocycles. The molecule has 0 fully saturated rings. The van der Waals surface area contributed by atoms with Crippen molar-refractivity contribution in [1.82, 2.24) is 39.9 Å². The summed E-state index contributed by atoms with van der Waals surface area (Å²) in [6, 6.07) is 69.0. The van der Waals surface area contributed by atoms with Crippen molar-refractivity contribution in [2.45, 2.75) is 12.9 Å². The first-order valence-electron chi connectivity index (χ1n) is 32.2. The number of hydrogen-bond donors (Lipinski definition) is 0. The highest BCUT2D eigenvalue weighted by Gasteiger charge is 2.23. The predicted molar refractivity (Wildman–Crippen MR) is 421 cm³/mol. The molecule has 108 heavy (non-hydrogen) atoms. The molecule has 0 N–H and O–H groups in total. The third kappa shape index (κ3) is 16.4. The van der Waals surface area contributed by atoms with Gasteiger partial charge in [0.25, 0.3) is 0 Å². The number of nitrogens with zero attached hydrogens (tertiary/aromatic N) is 8. The topological polar surface area (TPSA) is 103 Å². The first kappa shape index (κ1) is 74.9. The molecule has 0 atom stereocenters. The Hall–Kier alpha value is -9.95. The van der Waals surface area contributed by atoms with Crippen molar-refractivity contribution >= 4 is 149 Å². The Morgan fingerprint density at radius 1 is 0.148 bits per heavy atom. The van der Waals surface area contributed by atoms with E-state index in [9.17, 15) is 35.1 Å². The third-order valence-corrected chi connectivity index (χ3v) is 17.4. The average molecular weight is 1620 g/mol. The molecule has 0 amide bonds. The van der Waals surface area contributed by atoms with Crippen molar-refractivity contribution in [3.05, 3.63) is 289 Å². The van der Waals surface area contributed by atoms with Crippen LogP contribution >= 0.6 is 104 Å². The van der Waals surface area contributed by atoms with E-state index in [1.54, 1.807) is 0 Å². The van der Waals surface area contributed by atoms with Crippen LogP contribution in [0.1, 0.15) is 0 Å². The summed E-state index contributed by atoms with van der Waals surface area (Å²) in [5.41, 5.74) is 16.6. The second kappa shape index (κ2) is 32.1. The van der Waals surface area contributed by atoms with Gasteiger partial charge in [-0.3, -0.25) is 0 Å².